The lowest BCUT2D eigenvalue weighted by molar-refractivity contribution is 0.108. The molecule has 4 nitrogen and oxygen atoms in total. The smallest absolute Gasteiger partial charge is 0.0540 e. The Hall–Kier alpha value is -1.13. The second-order valence-electron chi connectivity index (χ2n) is 4.82. The lowest BCUT2D eigenvalue weighted by Gasteiger charge is -2.25. The first-order chi connectivity index (χ1) is 8.28. The molecular weight excluding hydrogens is 214 g/mol. The fourth-order valence-corrected chi connectivity index (χ4v) is 2.34. The van der Waals surface area contributed by atoms with Crippen molar-refractivity contribution in [2.45, 2.75) is 38.3 Å². The molecule has 17 heavy (non-hydrogen) atoms. The van der Waals surface area contributed by atoms with E-state index in [0.29, 0.717) is 5.92 Å². The summed E-state index contributed by atoms with van der Waals surface area (Å²) in [4.78, 5) is 0. The van der Waals surface area contributed by atoms with Crippen LogP contribution in [0.5, 0.6) is 0 Å². The van der Waals surface area contributed by atoms with Crippen molar-refractivity contribution in [1.82, 2.24) is 15.1 Å². The first-order valence-corrected chi connectivity index (χ1v) is 6.32. The van der Waals surface area contributed by atoms with E-state index in [-0.39, 0.29) is 6.10 Å². The number of aliphatic hydroxyl groups excluding tert-OH is 1. The fraction of sp³-hybridized carbons (Fsp3) is 0.615. The van der Waals surface area contributed by atoms with Crippen LogP contribution in [-0.2, 0) is 6.54 Å². The van der Waals surface area contributed by atoms with Crippen LogP contribution in [0, 0.1) is 5.92 Å². The number of nitrogens with one attached hydrogen (secondary N) is 1. The summed E-state index contributed by atoms with van der Waals surface area (Å²) in [6.45, 7) is 5.55. The second-order valence-corrected chi connectivity index (χ2v) is 4.82. The van der Waals surface area contributed by atoms with E-state index in [1.54, 1.807) is 10.9 Å². The Morgan fingerprint density at radius 1 is 1.47 bits per heavy atom. The third-order valence-corrected chi connectivity index (χ3v) is 3.42. The molecule has 1 aliphatic carbocycles. The molecule has 0 saturated heterocycles. The van der Waals surface area contributed by atoms with Crippen molar-refractivity contribution in [1.29, 1.82) is 0 Å². The van der Waals surface area contributed by atoms with Gasteiger partial charge in [-0.2, -0.15) is 5.10 Å². The van der Waals surface area contributed by atoms with E-state index in [9.17, 15) is 5.11 Å². The van der Waals surface area contributed by atoms with E-state index in [0.717, 1.165) is 38.8 Å². The third-order valence-electron chi connectivity index (χ3n) is 3.42. The molecule has 1 aromatic rings. The van der Waals surface area contributed by atoms with Crippen LogP contribution in [0.4, 0.5) is 0 Å². The number of hydrogen-bond acceptors (Lipinski definition) is 3. The zero-order valence-corrected chi connectivity index (χ0v) is 10.2. The van der Waals surface area contributed by atoms with Crippen LogP contribution in [0.3, 0.4) is 0 Å². The largest absolute Gasteiger partial charge is 0.393 e. The maximum atomic E-state index is 9.42. The van der Waals surface area contributed by atoms with E-state index in [1.807, 2.05) is 12.4 Å². The van der Waals surface area contributed by atoms with Gasteiger partial charge in [0.05, 0.1) is 12.3 Å². The van der Waals surface area contributed by atoms with Gasteiger partial charge in [0.1, 0.15) is 0 Å². The molecule has 1 fully saturated rings. The van der Waals surface area contributed by atoms with Gasteiger partial charge in [0, 0.05) is 24.5 Å². The minimum absolute atomic E-state index is 0.0583. The van der Waals surface area contributed by atoms with Crippen LogP contribution in [0.2, 0.25) is 0 Å². The zero-order chi connectivity index (χ0) is 12.1. The van der Waals surface area contributed by atoms with Gasteiger partial charge >= 0.3 is 0 Å². The Balaban J connectivity index is 1.67. The highest BCUT2D eigenvalue weighted by Crippen LogP contribution is 2.23. The molecule has 94 valence electrons. The lowest BCUT2D eigenvalue weighted by atomic mass is 9.87. The SMILES string of the molecule is C=Cn1cc(CNCC2CCC(O)CC2)cn1. The molecule has 0 radical (unpaired) electrons. The van der Waals surface area contributed by atoms with E-state index in [1.165, 1.54) is 5.56 Å². The maximum Gasteiger partial charge on any atom is 0.0540 e. The summed E-state index contributed by atoms with van der Waals surface area (Å²) in [6.07, 6.45) is 9.66. The molecule has 1 aromatic heterocycles. The van der Waals surface area contributed by atoms with Crippen molar-refractivity contribution in [3.8, 4) is 0 Å². The normalized spacial score (nSPS) is 24.8. The molecule has 0 unspecified atom stereocenters. The number of hydrogen-bond donors (Lipinski definition) is 2. The fourth-order valence-electron chi connectivity index (χ4n) is 2.34. The predicted octanol–water partition coefficient (Wildman–Crippen LogP) is 1.62. The lowest BCUT2D eigenvalue weighted by Crippen LogP contribution is -2.27. The van der Waals surface area contributed by atoms with Gasteiger partial charge in [-0.25, -0.2) is 4.68 Å². The number of nitrogens with zero attached hydrogens (tertiary/aromatic N) is 2. The summed E-state index contributed by atoms with van der Waals surface area (Å²) in [5.41, 5.74) is 1.18. The molecule has 1 saturated carbocycles. The van der Waals surface area contributed by atoms with Gasteiger partial charge in [-0.3, -0.25) is 0 Å². The molecule has 0 aliphatic heterocycles. The van der Waals surface area contributed by atoms with Crippen LogP contribution in [-0.4, -0.2) is 27.5 Å². The molecule has 2 rings (SSSR count). The Kier molecular flexibility index (Phi) is 4.34. The highest BCUT2D eigenvalue weighted by Gasteiger charge is 2.18. The summed E-state index contributed by atoms with van der Waals surface area (Å²) < 4.78 is 1.72. The van der Waals surface area contributed by atoms with Crippen molar-refractivity contribution in [2.24, 2.45) is 5.92 Å². The predicted molar refractivity (Wildman–Crippen MR) is 68.3 cm³/mol. The van der Waals surface area contributed by atoms with Crippen LogP contribution in [0.15, 0.2) is 19.0 Å². The molecule has 2 N–H and O–H groups in total. The third kappa shape index (κ3) is 3.68. The van der Waals surface area contributed by atoms with Crippen LogP contribution in [0.25, 0.3) is 6.20 Å². The van der Waals surface area contributed by atoms with Crippen molar-refractivity contribution in [2.75, 3.05) is 6.54 Å². The first-order valence-electron chi connectivity index (χ1n) is 6.32. The monoisotopic (exact) mass is 235 g/mol. The van der Waals surface area contributed by atoms with Gasteiger partial charge in [-0.15, -0.1) is 0 Å². The minimum Gasteiger partial charge on any atom is -0.393 e. The van der Waals surface area contributed by atoms with Gasteiger partial charge in [-0.1, -0.05) is 6.58 Å². The Morgan fingerprint density at radius 3 is 2.88 bits per heavy atom. The molecule has 1 heterocycles. The summed E-state index contributed by atoms with van der Waals surface area (Å²) >= 11 is 0. The van der Waals surface area contributed by atoms with Gasteiger partial charge in [-0.05, 0) is 38.1 Å². The summed E-state index contributed by atoms with van der Waals surface area (Å²) in [5.74, 6) is 0.716. The number of aliphatic hydroxyl groups is 1. The van der Waals surface area contributed by atoms with E-state index < -0.39 is 0 Å². The Labute approximate surface area is 102 Å². The summed E-state index contributed by atoms with van der Waals surface area (Å²) in [7, 11) is 0. The molecule has 1 aliphatic rings. The Bertz CT molecular complexity index is 353. The summed E-state index contributed by atoms with van der Waals surface area (Å²) in [6, 6.07) is 0. The highest BCUT2D eigenvalue weighted by molar-refractivity contribution is 5.17. The van der Waals surface area contributed by atoms with Crippen molar-refractivity contribution in [3.05, 3.63) is 24.5 Å². The molecule has 0 amide bonds. The second kappa shape index (κ2) is 5.98. The average Bonchev–Trinajstić information content (AvgIpc) is 2.80. The van der Waals surface area contributed by atoms with Crippen molar-refractivity contribution < 1.29 is 5.11 Å². The Morgan fingerprint density at radius 2 is 2.24 bits per heavy atom. The molecule has 0 spiro atoms. The quantitative estimate of drug-likeness (QED) is 0.815. The molecule has 4 heteroatoms. The van der Waals surface area contributed by atoms with E-state index >= 15 is 0 Å². The van der Waals surface area contributed by atoms with Crippen molar-refractivity contribution >= 4 is 6.20 Å². The van der Waals surface area contributed by atoms with Crippen molar-refractivity contribution in [3.63, 3.8) is 0 Å². The van der Waals surface area contributed by atoms with Gasteiger partial charge in [0.15, 0.2) is 0 Å². The van der Waals surface area contributed by atoms with Crippen LogP contribution < -0.4 is 5.32 Å². The maximum absolute atomic E-state index is 9.42. The molecule has 0 atom stereocenters. The van der Waals surface area contributed by atoms with Gasteiger partial charge in [0.25, 0.3) is 0 Å². The molecule has 0 aromatic carbocycles. The average molecular weight is 235 g/mol. The van der Waals surface area contributed by atoms with E-state index in [4.69, 9.17) is 0 Å². The van der Waals surface area contributed by atoms with E-state index in [2.05, 4.69) is 17.0 Å². The number of aromatic nitrogens is 2. The minimum atomic E-state index is -0.0583. The van der Waals surface area contributed by atoms with Gasteiger partial charge in [0.2, 0.25) is 0 Å². The zero-order valence-electron chi connectivity index (χ0n) is 10.2. The standard InChI is InChI=1S/C13H21N3O/c1-2-16-10-12(9-15-16)8-14-7-11-3-5-13(17)6-4-11/h2,9-11,13-14,17H,1,3-8H2. The topological polar surface area (TPSA) is 50.1 Å². The summed E-state index contributed by atoms with van der Waals surface area (Å²) in [5, 5.41) is 17.0. The molecular formula is C13H21N3O. The number of rotatable bonds is 5. The highest BCUT2D eigenvalue weighted by atomic mass is 16.3. The molecule has 0 bridgehead atoms. The van der Waals surface area contributed by atoms with Crippen LogP contribution >= 0.6 is 0 Å². The van der Waals surface area contributed by atoms with Gasteiger partial charge < -0.3 is 10.4 Å². The van der Waals surface area contributed by atoms with Crippen LogP contribution in [0.1, 0.15) is 31.2 Å². The first kappa shape index (κ1) is 12.3.